The summed E-state index contributed by atoms with van der Waals surface area (Å²) in [4.78, 5) is 12.1. The number of hydrogen-bond acceptors (Lipinski definition) is 6. The Hall–Kier alpha value is -2.64. The summed E-state index contributed by atoms with van der Waals surface area (Å²) in [5.74, 6) is 1.29. The molecule has 0 saturated carbocycles. The van der Waals surface area contributed by atoms with Crippen molar-refractivity contribution < 1.29 is 17.9 Å². The molecule has 1 heterocycles. The Balaban J connectivity index is 1.99. The molecule has 3 aromatic rings. The van der Waals surface area contributed by atoms with E-state index in [0.29, 0.717) is 27.1 Å². The third-order valence-electron chi connectivity index (χ3n) is 3.77. The lowest BCUT2D eigenvalue weighted by Gasteiger charge is -2.04. The minimum absolute atomic E-state index is 0.232. The van der Waals surface area contributed by atoms with Crippen molar-refractivity contribution in [1.29, 1.82) is 0 Å². The van der Waals surface area contributed by atoms with Crippen molar-refractivity contribution in [3.63, 3.8) is 0 Å². The van der Waals surface area contributed by atoms with Crippen LogP contribution in [0.3, 0.4) is 0 Å². The average molecular weight is 388 g/mol. The first-order valence-corrected chi connectivity index (χ1v) is 9.98. The zero-order valence-corrected chi connectivity index (χ0v) is 15.8. The molecule has 2 aromatic carbocycles. The van der Waals surface area contributed by atoms with Crippen LogP contribution < -0.4 is 14.2 Å². The van der Waals surface area contributed by atoms with Gasteiger partial charge in [-0.2, -0.15) is 0 Å². The van der Waals surface area contributed by atoms with Crippen molar-refractivity contribution in [3.05, 3.63) is 69.0 Å². The topological polar surface area (TPSA) is 69.7 Å². The quantitative estimate of drug-likeness (QED) is 0.666. The molecular formula is C19H16O5S2. The number of ether oxygens (including phenoxy) is 2. The summed E-state index contributed by atoms with van der Waals surface area (Å²) in [7, 11) is -0.766. The van der Waals surface area contributed by atoms with E-state index in [1.54, 1.807) is 49.6 Å². The fourth-order valence-corrected chi connectivity index (χ4v) is 4.61. The van der Waals surface area contributed by atoms with Crippen LogP contribution in [0.25, 0.3) is 16.2 Å². The van der Waals surface area contributed by atoms with Gasteiger partial charge in [0, 0.05) is 10.1 Å². The first kappa shape index (κ1) is 18.2. The number of rotatable bonds is 5. The lowest BCUT2D eigenvalue weighted by molar-refractivity contribution is 0.415. The second-order valence-corrected chi connectivity index (χ2v) is 8.24. The van der Waals surface area contributed by atoms with Crippen LogP contribution in [-0.2, 0) is 9.84 Å². The maximum atomic E-state index is 12.6. The van der Waals surface area contributed by atoms with Crippen LogP contribution in [-0.4, -0.2) is 22.6 Å². The summed E-state index contributed by atoms with van der Waals surface area (Å²) in [5.41, 5.74) is 0.691. The largest absolute Gasteiger partial charge is 0.497 e. The van der Waals surface area contributed by atoms with E-state index in [9.17, 15) is 13.2 Å². The van der Waals surface area contributed by atoms with Crippen molar-refractivity contribution in [2.75, 3.05) is 14.2 Å². The van der Waals surface area contributed by atoms with Gasteiger partial charge in [-0.3, -0.25) is 4.79 Å². The molecule has 0 spiro atoms. The monoisotopic (exact) mass is 388 g/mol. The molecule has 7 heteroatoms. The van der Waals surface area contributed by atoms with Crippen LogP contribution in [0, 0.1) is 0 Å². The van der Waals surface area contributed by atoms with E-state index in [-0.39, 0.29) is 4.90 Å². The van der Waals surface area contributed by atoms with Gasteiger partial charge in [-0.1, -0.05) is 23.5 Å². The molecule has 0 atom stereocenters. The van der Waals surface area contributed by atoms with E-state index in [0.717, 1.165) is 16.7 Å². The molecule has 0 fully saturated rings. The van der Waals surface area contributed by atoms with Gasteiger partial charge in [-0.15, -0.1) is 0 Å². The van der Waals surface area contributed by atoms with Crippen LogP contribution in [0.15, 0.2) is 63.6 Å². The smallest absolute Gasteiger partial charge is 0.251 e. The van der Waals surface area contributed by atoms with Crippen molar-refractivity contribution in [1.82, 2.24) is 0 Å². The summed E-state index contributed by atoms with van der Waals surface area (Å²) in [5, 5.41) is 1.72. The second-order valence-electron chi connectivity index (χ2n) is 5.42. The minimum atomic E-state index is -3.86. The van der Waals surface area contributed by atoms with Crippen LogP contribution >= 0.6 is 11.3 Å². The lowest BCUT2D eigenvalue weighted by Crippen LogP contribution is -2.09. The first-order chi connectivity index (χ1) is 12.4. The molecule has 0 bridgehead atoms. The molecule has 0 N–H and O–H groups in total. The molecular weight excluding hydrogens is 372 g/mol. The fraction of sp³-hybridized carbons (Fsp3) is 0.105. The summed E-state index contributed by atoms with van der Waals surface area (Å²) >= 11 is 0.886. The van der Waals surface area contributed by atoms with Gasteiger partial charge in [0.2, 0.25) is 9.84 Å². The molecule has 0 aliphatic heterocycles. The molecule has 3 rings (SSSR count). The number of hydrogen-bond donors (Lipinski definition) is 0. The third-order valence-corrected chi connectivity index (χ3v) is 6.29. The van der Waals surface area contributed by atoms with Gasteiger partial charge in [0.1, 0.15) is 16.4 Å². The maximum Gasteiger partial charge on any atom is 0.251 e. The highest BCUT2D eigenvalue weighted by Crippen LogP contribution is 2.25. The molecule has 0 saturated heterocycles. The maximum absolute atomic E-state index is 12.6. The number of sulfone groups is 1. The Labute approximate surface area is 155 Å². The predicted octanol–water partition coefficient (Wildman–Crippen LogP) is 3.72. The highest BCUT2D eigenvalue weighted by atomic mass is 32.2. The van der Waals surface area contributed by atoms with Gasteiger partial charge < -0.3 is 9.47 Å². The van der Waals surface area contributed by atoms with Crippen molar-refractivity contribution in [3.8, 4) is 11.5 Å². The highest BCUT2D eigenvalue weighted by molar-refractivity contribution is 7.94. The normalized spacial score (nSPS) is 11.8. The van der Waals surface area contributed by atoms with E-state index in [2.05, 4.69) is 0 Å². The van der Waals surface area contributed by atoms with Gasteiger partial charge in [0.15, 0.2) is 0 Å². The van der Waals surface area contributed by atoms with E-state index >= 15 is 0 Å². The molecule has 0 amide bonds. The molecule has 0 aliphatic rings. The average Bonchev–Trinajstić information content (AvgIpc) is 2.65. The molecule has 0 radical (unpaired) electrons. The molecule has 134 valence electrons. The van der Waals surface area contributed by atoms with E-state index in [1.807, 2.05) is 0 Å². The molecule has 0 aliphatic carbocycles. The molecule has 26 heavy (non-hydrogen) atoms. The Morgan fingerprint density at radius 3 is 2.23 bits per heavy atom. The third kappa shape index (κ3) is 3.79. The molecule has 0 unspecified atom stereocenters. The number of fused-ring (bicyclic) bond motifs is 1. The van der Waals surface area contributed by atoms with E-state index in [1.165, 1.54) is 19.3 Å². The van der Waals surface area contributed by atoms with Crippen molar-refractivity contribution >= 4 is 37.3 Å². The van der Waals surface area contributed by atoms with Gasteiger partial charge in [0.05, 0.1) is 14.2 Å². The number of methoxy groups -OCH3 is 2. The lowest BCUT2D eigenvalue weighted by atomic mass is 10.2. The van der Waals surface area contributed by atoms with Crippen LogP contribution in [0.5, 0.6) is 11.5 Å². The second kappa shape index (κ2) is 7.31. The minimum Gasteiger partial charge on any atom is -0.497 e. The van der Waals surface area contributed by atoms with E-state index in [4.69, 9.17) is 9.47 Å². The zero-order valence-electron chi connectivity index (χ0n) is 14.1. The molecule has 1 aromatic heterocycles. The van der Waals surface area contributed by atoms with E-state index < -0.39 is 14.6 Å². The summed E-state index contributed by atoms with van der Waals surface area (Å²) < 4.78 is 35.5. The SMILES string of the molecule is COc1ccc(/C=C\S(=O)(=O)c2cc3ccc(OC)cc3sc2=O)cc1. The van der Waals surface area contributed by atoms with Crippen molar-refractivity contribution in [2.45, 2.75) is 4.90 Å². The predicted molar refractivity (Wildman–Crippen MR) is 104 cm³/mol. The molecule has 5 nitrogen and oxygen atoms in total. The highest BCUT2D eigenvalue weighted by Gasteiger charge is 2.17. The fourth-order valence-electron chi connectivity index (χ4n) is 2.35. The summed E-state index contributed by atoms with van der Waals surface area (Å²) in [6, 6.07) is 13.5. The van der Waals surface area contributed by atoms with Gasteiger partial charge >= 0.3 is 0 Å². The standard InChI is InChI=1S/C19H16O5S2/c1-23-15-6-3-13(4-7-15)9-10-26(21,22)18-11-14-5-8-16(24-2)12-17(14)25-19(18)20/h3-12H,1-2H3/b10-9-. The Bertz CT molecular complexity index is 1130. The zero-order chi connectivity index (χ0) is 18.7. The van der Waals surface area contributed by atoms with Crippen LogP contribution in [0.1, 0.15) is 5.56 Å². The number of benzene rings is 2. The summed E-state index contributed by atoms with van der Waals surface area (Å²) in [6.07, 6.45) is 1.46. The van der Waals surface area contributed by atoms with Crippen molar-refractivity contribution in [2.24, 2.45) is 0 Å². The Kier molecular flexibility index (Phi) is 5.11. The van der Waals surface area contributed by atoms with Gasteiger partial charge in [-0.25, -0.2) is 8.42 Å². The Morgan fingerprint density at radius 1 is 0.923 bits per heavy atom. The van der Waals surface area contributed by atoms with Crippen LogP contribution in [0.4, 0.5) is 0 Å². The van der Waals surface area contributed by atoms with Crippen LogP contribution in [0.2, 0.25) is 0 Å². The summed E-state index contributed by atoms with van der Waals surface area (Å²) in [6.45, 7) is 0. The first-order valence-electron chi connectivity index (χ1n) is 7.62. The van der Waals surface area contributed by atoms with Gasteiger partial charge in [0.25, 0.3) is 4.74 Å². The van der Waals surface area contributed by atoms with Gasteiger partial charge in [-0.05, 0) is 53.4 Å². The Morgan fingerprint density at radius 2 is 1.58 bits per heavy atom.